The van der Waals surface area contributed by atoms with Gasteiger partial charge in [-0.2, -0.15) is 10.1 Å². The highest BCUT2D eigenvalue weighted by Crippen LogP contribution is 2.12. The summed E-state index contributed by atoms with van der Waals surface area (Å²) in [6.45, 7) is 0. The van der Waals surface area contributed by atoms with Crippen molar-refractivity contribution in [3.8, 4) is 6.07 Å². The van der Waals surface area contributed by atoms with Gasteiger partial charge in [-0.1, -0.05) is 6.07 Å². The summed E-state index contributed by atoms with van der Waals surface area (Å²) in [6, 6.07) is 5.42. The minimum atomic E-state index is -3.61. The van der Waals surface area contributed by atoms with Crippen molar-refractivity contribution in [1.82, 2.24) is 10.3 Å². The second-order valence-electron chi connectivity index (χ2n) is 3.03. The van der Waals surface area contributed by atoms with Gasteiger partial charge in [-0.3, -0.25) is 0 Å². The molecule has 0 aliphatic carbocycles. The minimum absolute atomic E-state index is 0.0155. The van der Waals surface area contributed by atoms with Gasteiger partial charge < -0.3 is 0 Å². The molecule has 0 atom stereocenters. The van der Waals surface area contributed by atoms with E-state index in [4.69, 9.17) is 5.26 Å². The van der Waals surface area contributed by atoms with Crippen molar-refractivity contribution in [3.05, 3.63) is 35.1 Å². The van der Waals surface area contributed by atoms with Crippen molar-refractivity contribution in [3.63, 3.8) is 0 Å². The maximum absolute atomic E-state index is 13.3. The first kappa shape index (κ1) is 12.6. The number of rotatable bonds is 4. The van der Waals surface area contributed by atoms with Crippen LogP contribution in [-0.2, 0) is 15.8 Å². The van der Waals surface area contributed by atoms with E-state index in [1.54, 1.807) is 6.07 Å². The van der Waals surface area contributed by atoms with Crippen LogP contribution in [0.1, 0.15) is 11.1 Å². The van der Waals surface area contributed by atoms with E-state index in [1.165, 1.54) is 19.2 Å². The molecule has 0 radical (unpaired) electrons. The number of halogens is 1. The predicted molar refractivity (Wildman–Crippen MR) is 55.9 cm³/mol. The Balaban J connectivity index is 2.96. The average molecular weight is 243 g/mol. The summed E-state index contributed by atoms with van der Waals surface area (Å²) in [6.07, 6.45) is 0. The molecule has 1 rings (SSSR count). The fourth-order valence-corrected chi connectivity index (χ4v) is 2.16. The van der Waals surface area contributed by atoms with Gasteiger partial charge in [0.05, 0.1) is 17.4 Å². The Labute approximate surface area is 92.9 Å². The molecule has 0 aromatic heterocycles. The van der Waals surface area contributed by atoms with Crippen molar-refractivity contribution in [1.29, 1.82) is 5.26 Å². The van der Waals surface area contributed by atoms with Gasteiger partial charge in [-0.05, 0) is 19.2 Å². The molecule has 16 heavy (non-hydrogen) atoms. The Hall–Kier alpha value is -1.49. The summed E-state index contributed by atoms with van der Waals surface area (Å²) < 4.78 is 35.9. The van der Waals surface area contributed by atoms with Crippen molar-refractivity contribution in [2.45, 2.75) is 5.75 Å². The van der Waals surface area contributed by atoms with Gasteiger partial charge in [0.25, 0.3) is 0 Å². The van der Waals surface area contributed by atoms with E-state index < -0.39 is 21.6 Å². The van der Waals surface area contributed by atoms with E-state index in [-0.39, 0.29) is 11.1 Å². The van der Waals surface area contributed by atoms with Crippen LogP contribution in [0.25, 0.3) is 0 Å². The maximum Gasteiger partial charge on any atom is 0.228 e. The number of hydrogen-bond acceptors (Lipinski definition) is 4. The fourth-order valence-electron chi connectivity index (χ4n) is 1.13. The van der Waals surface area contributed by atoms with Gasteiger partial charge in [0.2, 0.25) is 10.0 Å². The first-order chi connectivity index (χ1) is 7.48. The number of hydrogen-bond donors (Lipinski definition) is 2. The van der Waals surface area contributed by atoms with Gasteiger partial charge in [0.1, 0.15) is 5.82 Å². The number of benzene rings is 1. The van der Waals surface area contributed by atoms with Gasteiger partial charge in [-0.25, -0.2) is 18.2 Å². The Bertz CT molecular complexity index is 522. The standard InChI is InChI=1S/C9H10FN3O2S/c1-12-13-16(14,15)6-8-3-2-7(5-11)4-9(8)10/h2-4,12-13H,6H2,1H3. The van der Waals surface area contributed by atoms with Gasteiger partial charge in [-0.15, -0.1) is 0 Å². The predicted octanol–water partition coefficient (Wildman–Crippen LogP) is 0.251. The zero-order valence-electron chi connectivity index (χ0n) is 8.49. The molecule has 0 unspecified atom stereocenters. The van der Waals surface area contributed by atoms with E-state index in [9.17, 15) is 12.8 Å². The summed E-state index contributed by atoms with van der Waals surface area (Å²) in [7, 11) is -2.22. The van der Waals surface area contributed by atoms with E-state index in [0.29, 0.717) is 0 Å². The number of nitrogens with one attached hydrogen (secondary N) is 2. The molecule has 7 heteroatoms. The van der Waals surface area contributed by atoms with E-state index >= 15 is 0 Å². The number of nitrogens with zero attached hydrogens (tertiary/aromatic N) is 1. The Morgan fingerprint density at radius 1 is 1.50 bits per heavy atom. The Morgan fingerprint density at radius 3 is 2.69 bits per heavy atom. The van der Waals surface area contributed by atoms with Crippen LogP contribution < -0.4 is 10.3 Å². The molecule has 0 amide bonds. The van der Waals surface area contributed by atoms with Crippen molar-refractivity contribution in [2.24, 2.45) is 0 Å². The quantitative estimate of drug-likeness (QED) is 0.743. The van der Waals surface area contributed by atoms with Gasteiger partial charge in [0.15, 0.2) is 0 Å². The van der Waals surface area contributed by atoms with Crippen LogP contribution in [-0.4, -0.2) is 15.5 Å². The lowest BCUT2D eigenvalue weighted by Crippen LogP contribution is -2.35. The van der Waals surface area contributed by atoms with E-state index in [1.807, 2.05) is 4.83 Å². The highest BCUT2D eigenvalue weighted by molar-refractivity contribution is 7.88. The van der Waals surface area contributed by atoms with E-state index in [0.717, 1.165) is 6.07 Å². The molecule has 2 N–H and O–H groups in total. The molecule has 86 valence electrons. The summed E-state index contributed by atoms with van der Waals surface area (Å²) in [5, 5.41) is 8.51. The first-order valence-corrected chi connectivity index (χ1v) is 5.98. The summed E-state index contributed by atoms with van der Waals surface area (Å²) in [5.41, 5.74) is 2.43. The topological polar surface area (TPSA) is 82.0 Å². The van der Waals surface area contributed by atoms with Gasteiger partial charge in [0, 0.05) is 5.56 Å². The van der Waals surface area contributed by atoms with Crippen LogP contribution in [0.3, 0.4) is 0 Å². The molecule has 0 saturated carbocycles. The molecule has 0 heterocycles. The molecule has 0 spiro atoms. The fraction of sp³-hybridized carbons (Fsp3) is 0.222. The van der Waals surface area contributed by atoms with Crippen LogP contribution in [0.2, 0.25) is 0 Å². The molecule has 0 saturated heterocycles. The molecule has 1 aromatic carbocycles. The zero-order valence-corrected chi connectivity index (χ0v) is 9.31. The van der Waals surface area contributed by atoms with Crippen LogP contribution in [0.4, 0.5) is 4.39 Å². The van der Waals surface area contributed by atoms with E-state index in [2.05, 4.69) is 5.43 Å². The Kier molecular flexibility index (Phi) is 3.95. The molecule has 5 nitrogen and oxygen atoms in total. The third kappa shape index (κ3) is 3.27. The van der Waals surface area contributed by atoms with Crippen molar-refractivity contribution < 1.29 is 12.8 Å². The average Bonchev–Trinajstić information content (AvgIpc) is 2.20. The minimum Gasteiger partial charge on any atom is -0.247 e. The third-order valence-corrected chi connectivity index (χ3v) is 2.99. The molecule has 1 aromatic rings. The van der Waals surface area contributed by atoms with Gasteiger partial charge >= 0.3 is 0 Å². The summed E-state index contributed by atoms with van der Waals surface area (Å²) >= 11 is 0. The third-order valence-electron chi connectivity index (χ3n) is 1.79. The largest absolute Gasteiger partial charge is 0.247 e. The van der Waals surface area contributed by atoms with Crippen molar-refractivity contribution >= 4 is 10.0 Å². The monoisotopic (exact) mass is 243 g/mol. The highest BCUT2D eigenvalue weighted by Gasteiger charge is 2.13. The molecule has 0 fully saturated rings. The van der Waals surface area contributed by atoms with Crippen LogP contribution in [0.5, 0.6) is 0 Å². The smallest absolute Gasteiger partial charge is 0.228 e. The number of nitriles is 1. The second-order valence-corrected chi connectivity index (χ2v) is 4.75. The molecular weight excluding hydrogens is 233 g/mol. The highest BCUT2D eigenvalue weighted by atomic mass is 32.2. The van der Waals surface area contributed by atoms with Crippen LogP contribution in [0, 0.1) is 17.1 Å². The molecule has 0 aliphatic heterocycles. The lowest BCUT2D eigenvalue weighted by atomic mass is 10.1. The van der Waals surface area contributed by atoms with Crippen molar-refractivity contribution in [2.75, 3.05) is 7.05 Å². The zero-order chi connectivity index (χ0) is 12.2. The van der Waals surface area contributed by atoms with Crippen LogP contribution >= 0.6 is 0 Å². The molecule has 0 bridgehead atoms. The second kappa shape index (κ2) is 5.03. The number of sulfonamides is 1. The lowest BCUT2D eigenvalue weighted by molar-refractivity contribution is 0.564. The lowest BCUT2D eigenvalue weighted by Gasteiger charge is -2.06. The SMILES string of the molecule is CNNS(=O)(=O)Cc1ccc(C#N)cc1F. The maximum atomic E-state index is 13.3. The number of hydrazine groups is 1. The summed E-state index contributed by atoms with van der Waals surface area (Å²) in [5.74, 6) is -1.19. The normalized spacial score (nSPS) is 11.1. The Morgan fingerprint density at radius 2 is 2.19 bits per heavy atom. The summed E-state index contributed by atoms with van der Waals surface area (Å²) in [4.78, 5) is 2.02. The molecular formula is C9H10FN3O2S. The first-order valence-electron chi connectivity index (χ1n) is 4.33. The molecule has 0 aliphatic rings. The van der Waals surface area contributed by atoms with Crippen LogP contribution in [0.15, 0.2) is 18.2 Å².